The van der Waals surface area contributed by atoms with Crippen molar-refractivity contribution in [2.24, 2.45) is 0 Å². The molecule has 1 aromatic heterocycles. The van der Waals surface area contributed by atoms with Crippen LogP contribution in [0.15, 0.2) is 48.5 Å². The van der Waals surface area contributed by atoms with Crippen LogP contribution in [0.4, 0.5) is 0 Å². The number of aryl methyl sites for hydroxylation is 1. The molecular formula is C22H27N4O2S+. The first-order valence-electron chi connectivity index (χ1n) is 9.98. The number of piperidine rings is 1. The lowest BCUT2D eigenvalue weighted by atomic mass is 10.1. The molecule has 1 aliphatic heterocycles. The number of methoxy groups -OCH3 is 1. The van der Waals surface area contributed by atoms with E-state index in [0.717, 1.165) is 48.8 Å². The molecule has 6 nitrogen and oxygen atoms in total. The zero-order chi connectivity index (χ0) is 20.4. The largest absolute Gasteiger partial charge is 0.497 e. The van der Waals surface area contributed by atoms with Crippen LogP contribution in [0.5, 0.6) is 5.75 Å². The number of quaternary nitrogens is 1. The average molecular weight is 412 g/mol. The second-order valence-corrected chi connectivity index (χ2v) is 8.03. The molecule has 0 saturated carbocycles. The summed E-state index contributed by atoms with van der Waals surface area (Å²) in [5.74, 6) is 1.61. The summed E-state index contributed by atoms with van der Waals surface area (Å²) in [5.41, 5.74) is 3.17. The summed E-state index contributed by atoms with van der Waals surface area (Å²) in [5, 5.41) is 14.9. The Balaban J connectivity index is 1.77. The van der Waals surface area contributed by atoms with Crippen molar-refractivity contribution in [1.29, 1.82) is 0 Å². The van der Waals surface area contributed by atoms with E-state index in [4.69, 9.17) is 22.1 Å². The number of likely N-dealkylation sites (tertiary alicyclic amines) is 1. The molecule has 1 fully saturated rings. The van der Waals surface area contributed by atoms with Gasteiger partial charge in [-0.2, -0.15) is 4.68 Å². The van der Waals surface area contributed by atoms with Gasteiger partial charge in [-0.05, 0) is 68.4 Å². The Labute approximate surface area is 176 Å². The van der Waals surface area contributed by atoms with Crippen molar-refractivity contribution in [3.63, 3.8) is 0 Å². The molecule has 0 aliphatic carbocycles. The van der Waals surface area contributed by atoms with Gasteiger partial charge in [0.15, 0.2) is 12.5 Å². The smallest absolute Gasteiger partial charge is 0.207 e. The molecule has 29 heavy (non-hydrogen) atoms. The number of aliphatic hydroxyl groups excluding tert-OH is 1. The highest BCUT2D eigenvalue weighted by atomic mass is 32.1. The molecule has 3 aromatic rings. The van der Waals surface area contributed by atoms with Crippen LogP contribution in [-0.2, 0) is 6.67 Å². The van der Waals surface area contributed by atoms with Crippen LogP contribution in [0.25, 0.3) is 17.1 Å². The predicted molar refractivity (Wildman–Crippen MR) is 115 cm³/mol. The Kier molecular flexibility index (Phi) is 5.80. The molecule has 2 heterocycles. The minimum atomic E-state index is -0.242. The van der Waals surface area contributed by atoms with Crippen molar-refractivity contribution >= 4 is 12.2 Å². The number of nitrogens with zero attached hydrogens (tertiary/aromatic N) is 3. The number of aliphatic hydroxyl groups is 1. The number of hydrogen-bond acceptors (Lipinski definition) is 4. The van der Waals surface area contributed by atoms with E-state index in [9.17, 15) is 5.11 Å². The summed E-state index contributed by atoms with van der Waals surface area (Å²) >= 11 is 5.84. The van der Waals surface area contributed by atoms with E-state index >= 15 is 0 Å². The summed E-state index contributed by atoms with van der Waals surface area (Å²) in [6, 6.07) is 16.2. The van der Waals surface area contributed by atoms with Gasteiger partial charge in [-0.3, -0.25) is 4.57 Å². The molecule has 7 heteroatoms. The van der Waals surface area contributed by atoms with E-state index in [1.54, 1.807) is 7.11 Å². The molecule has 0 spiro atoms. The minimum absolute atomic E-state index is 0.242. The summed E-state index contributed by atoms with van der Waals surface area (Å²) in [6.45, 7) is 4.48. The van der Waals surface area contributed by atoms with Crippen molar-refractivity contribution in [2.75, 3.05) is 20.2 Å². The number of hydrogen-bond donors (Lipinski definition) is 2. The second-order valence-electron chi connectivity index (χ2n) is 7.66. The highest BCUT2D eigenvalue weighted by molar-refractivity contribution is 7.71. The van der Waals surface area contributed by atoms with Gasteiger partial charge in [0.25, 0.3) is 0 Å². The molecule has 2 atom stereocenters. The van der Waals surface area contributed by atoms with E-state index in [2.05, 4.69) is 31.2 Å². The van der Waals surface area contributed by atoms with E-state index < -0.39 is 0 Å². The predicted octanol–water partition coefficient (Wildman–Crippen LogP) is 2.38. The van der Waals surface area contributed by atoms with Crippen LogP contribution in [0.1, 0.15) is 18.4 Å². The normalized spacial score (nSPS) is 19.3. The first-order valence-corrected chi connectivity index (χ1v) is 10.4. The topological polar surface area (TPSA) is 56.6 Å². The van der Waals surface area contributed by atoms with Crippen molar-refractivity contribution in [2.45, 2.75) is 32.5 Å². The monoisotopic (exact) mass is 411 g/mol. The van der Waals surface area contributed by atoms with Crippen molar-refractivity contribution in [3.05, 3.63) is 58.9 Å². The van der Waals surface area contributed by atoms with Crippen molar-refractivity contribution < 1.29 is 14.7 Å². The van der Waals surface area contributed by atoms with Gasteiger partial charge in [0.2, 0.25) is 4.77 Å². The molecule has 2 N–H and O–H groups in total. The fourth-order valence-electron chi connectivity index (χ4n) is 3.84. The maximum Gasteiger partial charge on any atom is 0.207 e. The minimum Gasteiger partial charge on any atom is -0.497 e. The fraction of sp³-hybridized carbons (Fsp3) is 0.364. The van der Waals surface area contributed by atoms with E-state index in [1.165, 1.54) is 10.5 Å². The van der Waals surface area contributed by atoms with Crippen LogP contribution < -0.4 is 9.64 Å². The highest BCUT2D eigenvalue weighted by Gasteiger charge is 2.23. The van der Waals surface area contributed by atoms with Crippen LogP contribution in [0.3, 0.4) is 0 Å². The number of ether oxygens (including phenoxy) is 1. The molecule has 1 aliphatic rings. The van der Waals surface area contributed by atoms with Gasteiger partial charge in [-0.1, -0.05) is 17.7 Å². The third-order valence-corrected chi connectivity index (χ3v) is 5.84. The summed E-state index contributed by atoms with van der Waals surface area (Å²) in [4.78, 5) is 1.30. The summed E-state index contributed by atoms with van der Waals surface area (Å²) in [7, 11) is 1.66. The molecule has 1 unspecified atom stereocenters. The first kappa shape index (κ1) is 19.8. The third kappa shape index (κ3) is 4.27. The summed E-state index contributed by atoms with van der Waals surface area (Å²) < 4.78 is 9.87. The molecular weight excluding hydrogens is 384 g/mol. The van der Waals surface area contributed by atoms with Gasteiger partial charge in [0.1, 0.15) is 18.4 Å². The van der Waals surface area contributed by atoms with Gasteiger partial charge in [-0.25, -0.2) is 0 Å². The number of nitrogens with one attached hydrogen (secondary N) is 1. The average Bonchev–Trinajstić information content (AvgIpc) is 3.05. The Morgan fingerprint density at radius 1 is 1.17 bits per heavy atom. The Morgan fingerprint density at radius 2 is 1.90 bits per heavy atom. The van der Waals surface area contributed by atoms with Gasteiger partial charge < -0.3 is 14.7 Å². The number of aromatic nitrogens is 3. The van der Waals surface area contributed by atoms with Crippen LogP contribution in [-0.4, -0.2) is 45.8 Å². The Hall–Kier alpha value is -2.48. The molecule has 4 rings (SSSR count). The number of rotatable bonds is 5. The van der Waals surface area contributed by atoms with Crippen molar-refractivity contribution in [1.82, 2.24) is 14.3 Å². The molecule has 0 amide bonds. The third-order valence-electron chi connectivity index (χ3n) is 5.45. The zero-order valence-corrected chi connectivity index (χ0v) is 17.7. The van der Waals surface area contributed by atoms with Gasteiger partial charge in [-0.15, -0.1) is 5.10 Å². The number of benzene rings is 2. The van der Waals surface area contributed by atoms with E-state index in [1.807, 2.05) is 33.5 Å². The van der Waals surface area contributed by atoms with Crippen LogP contribution in [0, 0.1) is 11.7 Å². The second kappa shape index (κ2) is 8.49. The Bertz CT molecular complexity index is 1020. The molecule has 1 saturated heterocycles. The fourth-order valence-corrected chi connectivity index (χ4v) is 4.14. The van der Waals surface area contributed by atoms with Crippen LogP contribution >= 0.6 is 12.2 Å². The zero-order valence-electron chi connectivity index (χ0n) is 16.8. The molecule has 2 aromatic carbocycles. The maximum absolute atomic E-state index is 10.0. The van der Waals surface area contributed by atoms with Crippen molar-refractivity contribution in [3.8, 4) is 22.8 Å². The quantitative estimate of drug-likeness (QED) is 0.633. The Morgan fingerprint density at radius 3 is 2.55 bits per heavy atom. The maximum atomic E-state index is 10.0. The lowest BCUT2D eigenvalue weighted by molar-refractivity contribution is -0.931. The van der Waals surface area contributed by atoms with Crippen LogP contribution in [0.2, 0.25) is 0 Å². The highest BCUT2D eigenvalue weighted by Crippen LogP contribution is 2.25. The van der Waals surface area contributed by atoms with Gasteiger partial charge >= 0.3 is 0 Å². The molecule has 152 valence electrons. The SMILES string of the molecule is COc1ccc(-c2nn(C[NH+]3CCC[C@@H](O)C3)c(=S)n2-c2ccc(C)cc2)cc1. The lowest BCUT2D eigenvalue weighted by Crippen LogP contribution is -3.13. The van der Waals surface area contributed by atoms with E-state index in [0.29, 0.717) is 11.4 Å². The van der Waals surface area contributed by atoms with E-state index in [-0.39, 0.29) is 6.10 Å². The lowest BCUT2D eigenvalue weighted by Gasteiger charge is -2.26. The van der Waals surface area contributed by atoms with Gasteiger partial charge in [0, 0.05) is 11.3 Å². The molecule has 0 radical (unpaired) electrons. The standard InChI is InChI=1S/C22H26N4O2S/c1-16-5-9-18(10-6-16)26-21(17-7-11-20(28-2)12-8-17)23-25(22(26)29)15-24-13-3-4-19(27)14-24/h5-12,19,27H,3-4,13-15H2,1-2H3/p+1/t19-/m1/s1. The van der Waals surface area contributed by atoms with Gasteiger partial charge in [0.05, 0.1) is 13.7 Å². The molecule has 0 bridgehead atoms. The summed E-state index contributed by atoms with van der Waals surface area (Å²) in [6.07, 6.45) is 1.66. The first-order chi connectivity index (χ1) is 14.0.